The van der Waals surface area contributed by atoms with Gasteiger partial charge in [-0.15, -0.1) is 0 Å². The molecule has 0 amide bonds. The molecule has 0 unspecified atom stereocenters. The summed E-state index contributed by atoms with van der Waals surface area (Å²) in [6.07, 6.45) is 6.21. The second-order valence-corrected chi connectivity index (χ2v) is 5.48. The summed E-state index contributed by atoms with van der Waals surface area (Å²) < 4.78 is 0. The van der Waals surface area contributed by atoms with Crippen molar-refractivity contribution in [1.29, 1.82) is 0 Å². The Balaban J connectivity index is 1.74. The normalized spacial score (nSPS) is 23.3. The van der Waals surface area contributed by atoms with E-state index in [0.717, 1.165) is 31.2 Å². The van der Waals surface area contributed by atoms with Crippen molar-refractivity contribution in [2.24, 2.45) is 0 Å². The van der Waals surface area contributed by atoms with Gasteiger partial charge in [0.05, 0.1) is 5.69 Å². The van der Waals surface area contributed by atoms with Gasteiger partial charge in [0.15, 0.2) is 0 Å². The molecule has 0 spiro atoms. The van der Waals surface area contributed by atoms with Gasteiger partial charge in [0.2, 0.25) is 0 Å². The predicted octanol–water partition coefficient (Wildman–Crippen LogP) is 1.57. The third-order valence-electron chi connectivity index (χ3n) is 3.81. The lowest BCUT2D eigenvalue weighted by molar-refractivity contribution is 0.618. The van der Waals surface area contributed by atoms with Gasteiger partial charge in [-0.3, -0.25) is 0 Å². The Morgan fingerprint density at radius 2 is 2.00 bits per heavy atom. The summed E-state index contributed by atoms with van der Waals surface area (Å²) in [7, 11) is 0. The molecule has 3 aliphatic rings. The number of aromatic nitrogens is 2. The fourth-order valence-corrected chi connectivity index (χ4v) is 2.44. The van der Waals surface area contributed by atoms with Crippen molar-refractivity contribution in [2.75, 3.05) is 11.9 Å². The lowest BCUT2D eigenvalue weighted by atomic mass is 10.1. The average Bonchev–Trinajstić information content (AvgIpc) is 3.23. The van der Waals surface area contributed by atoms with Crippen LogP contribution >= 0.6 is 0 Å². The molecule has 4 nitrogen and oxygen atoms in total. The van der Waals surface area contributed by atoms with Crippen LogP contribution in [0.4, 0.5) is 5.82 Å². The highest BCUT2D eigenvalue weighted by atomic mass is 15.1. The molecule has 2 heterocycles. The Kier molecular flexibility index (Phi) is 2.12. The number of rotatable bonds is 3. The van der Waals surface area contributed by atoms with Crippen LogP contribution in [0.1, 0.15) is 48.7 Å². The third-order valence-corrected chi connectivity index (χ3v) is 3.81. The Hall–Kier alpha value is -1.16. The maximum atomic E-state index is 4.78. The number of hydrogen-bond donors (Lipinski definition) is 2. The number of anilines is 1. The first kappa shape index (κ1) is 9.83. The molecule has 90 valence electrons. The van der Waals surface area contributed by atoms with E-state index >= 15 is 0 Å². The fourth-order valence-electron chi connectivity index (χ4n) is 2.44. The van der Waals surface area contributed by atoms with Gasteiger partial charge in [-0.05, 0) is 38.6 Å². The Morgan fingerprint density at radius 1 is 1.12 bits per heavy atom. The van der Waals surface area contributed by atoms with E-state index in [1.54, 1.807) is 0 Å². The molecular weight excluding hydrogens is 212 g/mol. The molecule has 0 bridgehead atoms. The molecule has 0 atom stereocenters. The Bertz CT molecular complexity index is 449. The van der Waals surface area contributed by atoms with Crippen LogP contribution in [0.15, 0.2) is 0 Å². The number of nitrogens with zero attached hydrogens (tertiary/aromatic N) is 2. The molecule has 4 heteroatoms. The molecule has 2 fully saturated rings. The molecule has 17 heavy (non-hydrogen) atoms. The molecule has 0 aromatic carbocycles. The Labute approximate surface area is 101 Å². The summed E-state index contributed by atoms with van der Waals surface area (Å²) in [4.78, 5) is 9.53. The minimum absolute atomic E-state index is 0.641. The maximum absolute atomic E-state index is 4.78. The summed E-state index contributed by atoms with van der Waals surface area (Å²) in [5, 5.41) is 6.99. The van der Waals surface area contributed by atoms with E-state index in [1.807, 2.05) is 0 Å². The van der Waals surface area contributed by atoms with E-state index in [4.69, 9.17) is 9.97 Å². The molecule has 4 rings (SSSR count). The second kappa shape index (κ2) is 3.67. The van der Waals surface area contributed by atoms with Gasteiger partial charge in [0.25, 0.3) is 0 Å². The van der Waals surface area contributed by atoms with Crippen LogP contribution in [0.2, 0.25) is 0 Å². The molecule has 0 radical (unpaired) electrons. The van der Waals surface area contributed by atoms with Gasteiger partial charge in [-0.2, -0.15) is 0 Å². The number of fused-ring (bicyclic) bond motifs is 1. The molecule has 2 aliphatic carbocycles. The first-order chi connectivity index (χ1) is 8.40. The summed E-state index contributed by atoms with van der Waals surface area (Å²) in [5.74, 6) is 2.86. The molecule has 2 N–H and O–H groups in total. The quantitative estimate of drug-likeness (QED) is 0.827. The van der Waals surface area contributed by atoms with Crippen molar-refractivity contribution in [3.8, 4) is 0 Å². The summed E-state index contributed by atoms with van der Waals surface area (Å²) in [5.41, 5.74) is 2.59. The van der Waals surface area contributed by atoms with Crippen LogP contribution in [0.25, 0.3) is 0 Å². The monoisotopic (exact) mass is 230 g/mol. The molecule has 1 aromatic rings. The molecule has 1 aromatic heterocycles. The van der Waals surface area contributed by atoms with Crippen molar-refractivity contribution in [3.63, 3.8) is 0 Å². The van der Waals surface area contributed by atoms with Crippen molar-refractivity contribution in [2.45, 2.75) is 50.6 Å². The summed E-state index contributed by atoms with van der Waals surface area (Å²) in [6.45, 7) is 1.97. The van der Waals surface area contributed by atoms with E-state index in [9.17, 15) is 0 Å². The summed E-state index contributed by atoms with van der Waals surface area (Å²) >= 11 is 0. The first-order valence-corrected chi connectivity index (χ1v) is 6.77. The molecule has 0 saturated heterocycles. The predicted molar refractivity (Wildman–Crippen MR) is 66.1 cm³/mol. The zero-order valence-electron chi connectivity index (χ0n) is 10.00. The van der Waals surface area contributed by atoms with Crippen LogP contribution in [0.5, 0.6) is 0 Å². The topological polar surface area (TPSA) is 49.8 Å². The maximum Gasteiger partial charge on any atom is 0.134 e. The van der Waals surface area contributed by atoms with Gasteiger partial charge >= 0.3 is 0 Å². The lowest BCUT2D eigenvalue weighted by Gasteiger charge is -2.20. The smallest absolute Gasteiger partial charge is 0.134 e. The largest absolute Gasteiger partial charge is 0.367 e. The van der Waals surface area contributed by atoms with E-state index in [0.29, 0.717) is 12.0 Å². The van der Waals surface area contributed by atoms with Crippen LogP contribution in [-0.2, 0) is 13.0 Å². The first-order valence-electron chi connectivity index (χ1n) is 6.77. The highest BCUT2D eigenvalue weighted by Gasteiger charge is 2.30. The zero-order valence-corrected chi connectivity index (χ0v) is 10.00. The van der Waals surface area contributed by atoms with Crippen LogP contribution < -0.4 is 10.6 Å². The Morgan fingerprint density at radius 3 is 2.76 bits per heavy atom. The van der Waals surface area contributed by atoms with Crippen molar-refractivity contribution < 1.29 is 0 Å². The van der Waals surface area contributed by atoms with Gasteiger partial charge in [-0.25, -0.2) is 9.97 Å². The summed E-state index contributed by atoms with van der Waals surface area (Å²) in [6, 6.07) is 0.677. The molecule has 2 saturated carbocycles. The van der Waals surface area contributed by atoms with Crippen LogP contribution in [0.3, 0.4) is 0 Å². The van der Waals surface area contributed by atoms with E-state index in [1.165, 1.54) is 36.9 Å². The zero-order chi connectivity index (χ0) is 11.2. The van der Waals surface area contributed by atoms with E-state index in [2.05, 4.69) is 10.6 Å². The fraction of sp³-hybridized carbons (Fsp3) is 0.692. The number of nitrogens with one attached hydrogen (secondary N) is 2. The average molecular weight is 230 g/mol. The standard InChI is InChI=1S/C13H18N4/c1-2-8(1)12-16-11-7-14-6-5-10(11)13(17-12)15-9-3-4-9/h8-9,14H,1-7H2,(H,15,16,17). The number of hydrogen-bond acceptors (Lipinski definition) is 4. The minimum atomic E-state index is 0.641. The lowest BCUT2D eigenvalue weighted by Crippen LogP contribution is -2.27. The van der Waals surface area contributed by atoms with Crippen molar-refractivity contribution in [1.82, 2.24) is 15.3 Å². The SMILES string of the molecule is C1Cc2c(nc(C3CC3)nc2NC2CC2)CN1. The second-order valence-electron chi connectivity index (χ2n) is 5.48. The molecular formula is C13H18N4. The van der Waals surface area contributed by atoms with Gasteiger partial charge in [0, 0.05) is 24.1 Å². The van der Waals surface area contributed by atoms with Crippen LogP contribution in [0, 0.1) is 0 Å². The van der Waals surface area contributed by atoms with Gasteiger partial charge in [-0.1, -0.05) is 0 Å². The van der Waals surface area contributed by atoms with E-state index < -0.39 is 0 Å². The van der Waals surface area contributed by atoms with Crippen molar-refractivity contribution in [3.05, 3.63) is 17.1 Å². The molecule has 1 aliphatic heterocycles. The van der Waals surface area contributed by atoms with Gasteiger partial charge in [0.1, 0.15) is 11.6 Å². The van der Waals surface area contributed by atoms with Crippen LogP contribution in [-0.4, -0.2) is 22.6 Å². The third kappa shape index (κ3) is 1.90. The highest BCUT2D eigenvalue weighted by molar-refractivity contribution is 5.49. The highest BCUT2D eigenvalue weighted by Crippen LogP contribution is 2.39. The van der Waals surface area contributed by atoms with Gasteiger partial charge < -0.3 is 10.6 Å². The van der Waals surface area contributed by atoms with Crippen molar-refractivity contribution >= 4 is 5.82 Å². The minimum Gasteiger partial charge on any atom is -0.367 e. The van der Waals surface area contributed by atoms with E-state index in [-0.39, 0.29) is 0 Å².